The number of primary amides is 1. The lowest BCUT2D eigenvalue weighted by Gasteiger charge is -2.17. The van der Waals surface area contributed by atoms with Gasteiger partial charge in [0.25, 0.3) is 0 Å². The standard InChI is InChI=1S/C13H10ClIN2O3/c14-9-3-5(15)1-2-6(9)7-4-8(12(17)18)11(16)10(7)13(19)20/h1-4,7,10,16H,(H2,17,18)(H,19,20). The Morgan fingerprint density at radius 3 is 2.55 bits per heavy atom. The molecule has 5 nitrogen and oxygen atoms in total. The van der Waals surface area contributed by atoms with Crippen LogP contribution in [0.15, 0.2) is 29.8 Å². The van der Waals surface area contributed by atoms with Crippen molar-refractivity contribution in [3.63, 3.8) is 0 Å². The number of hydrogen-bond acceptors (Lipinski definition) is 3. The molecule has 1 aromatic carbocycles. The quantitative estimate of drug-likeness (QED) is 0.673. The first-order valence-corrected chi connectivity index (χ1v) is 7.06. The minimum Gasteiger partial charge on any atom is -0.481 e. The largest absolute Gasteiger partial charge is 0.481 e. The first-order valence-electron chi connectivity index (χ1n) is 5.61. The molecule has 0 aromatic heterocycles. The molecule has 2 atom stereocenters. The molecule has 0 saturated carbocycles. The summed E-state index contributed by atoms with van der Waals surface area (Å²) in [6.45, 7) is 0. The molecule has 7 heteroatoms. The Hall–Kier alpha value is -1.41. The highest BCUT2D eigenvalue weighted by Crippen LogP contribution is 2.39. The number of carbonyl (C=O) groups is 2. The van der Waals surface area contributed by atoms with Crippen molar-refractivity contribution in [2.75, 3.05) is 0 Å². The summed E-state index contributed by atoms with van der Waals surface area (Å²) in [4.78, 5) is 22.7. The van der Waals surface area contributed by atoms with Crippen molar-refractivity contribution in [2.45, 2.75) is 5.92 Å². The van der Waals surface area contributed by atoms with Gasteiger partial charge in [-0.25, -0.2) is 0 Å². The van der Waals surface area contributed by atoms with E-state index < -0.39 is 23.7 Å². The molecule has 0 heterocycles. The molecule has 0 saturated heterocycles. The first kappa shape index (κ1) is 15.0. The molecule has 1 aliphatic rings. The van der Waals surface area contributed by atoms with Crippen molar-refractivity contribution < 1.29 is 14.7 Å². The number of aliphatic carboxylic acids is 1. The second kappa shape index (κ2) is 5.53. The van der Waals surface area contributed by atoms with Gasteiger partial charge in [0.2, 0.25) is 5.91 Å². The number of carboxylic acids is 1. The third-order valence-electron chi connectivity index (χ3n) is 3.16. The minimum atomic E-state index is -1.18. The van der Waals surface area contributed by atoms with E-state index in [9.17, 15) is 14.7 Å². The fourth-order valence-corrected chi connectivity index (χ4v) is 3.23. The fourth-order valence-electron chi connectivity index (χ4n) is 2.25. The van der Waals surface area contributed by atoms with E-state index in [2.05, 4.69) is 22.6 Å². The lowest BCUT2D eigenvalue weighted by atomic mass is 9.88. The van der Waals surface area contributed by atoms with E-state index in [0.717, 1.165) is 3.57 Å². The lowest BCUT2D eigenvalue weighted by Crippen LogP contribution is -2.28. The van der Waals surface area contributed by atoms with Crippen LogP contribution in [0.5, 0.6) is 0 Å². The summed E-state index contributed by atoms with van der Waals surface area (Å²) >= 11 is 8.23. The van der Waals surface area contributed by atoms with Crippen molar-refractivity contribution in [3.8, 4) is 0 Å². The molecular weight excluding hydrogens is 395 g/mol. The number of amides is 1. The predicted octanol–water partition coefficient (Wildman–Crippen LogP) is 2.17. The highest BCUT2D eigenvalue weighted by Gasteiger charge is 2.41. The Labute approximate surface area is 133 Å². The van der Waals surface area contributed by atoms with Crippen molar-refractivity contribution in [3.05, 3.63) is 44.0 Å². The number of benzene rings is 1. The van der Waals surface area contributed by atoms with Crippen LogP contribution in [0.25, 0.3) is 0 Å². The van der Waals surface area contributed by atoms with Crippen LogP contribution in [0.3, 0.4) is 0 Å². The number of nitrogens with one attached hydrogen (secondary N) is 1. The van der Waals surface area contributed by atoms with Gasteiger partial charge in [0.15, 0.2) is 0 Å². The van der Waals surface area contributed by atoms with Gasteiger partial charge in [-0.1, -0.05) is 23.7 Å². The van der Waals surface area contributed by atoms with Gasteiger partial charge in [0, 0.05) is 14.5 Å². The summed E-state index contributed by atoms with van der Waals surface area (Å²) in [6, 6.07) is 5.20. The third-order valence-corrected chi connectivity index (χ3v) is 4.16. The summed E-state index contributed by atoms with van der Waals surface area (Å²) in [5.41, 5.74) is 5.42. The normalized spacial score (nSPS) is 21.7. The van der Waals surface area contributed by atoms with Gasteiger partial charge in [-0.15, -0.1) is 0 Å². The summed E-state index contributed by atoms with van der Waals surface area (Å²) in [7, 11) is 0. The Morgan fingerprint density at radius 2 is 2.05 bits per heavy atom. The van der Waals surface area contributed by atoms with Crippen LogP contribution < -0.4 is 5.73 Å². The van der Waals surface area contributed by atoms with Crippen LogP contribution in [0.1, 0.15) is 11.5 Å². The molecule has 1 amide bonds. The number of halogens is 2. The average molecular weight is 405 g/mol. The van der Waals surface area contributed by atoms with Gasteiger partial charge < -0.3 is 16.2 Å². The summed E-state index contributed by atoms with van der Waals surface area (Å²) in [5.74, 6) is -3.78. The second-order valence-electron chi connectivity index (χ2n) is 4.37. The molecule has 0 radical (unpaired) electrons. The third kappa shape index (κ3) is 2.57. The first-order chi connectivity index (χ1) is 9.32. The zero-order chi connectivity index (χ0) is 15.0. The van der Waals surface area contributed by atoms with Crippen LogP contribution in [-0.2, 0) is 9.59 Å². The summed E-state index contributed by atoms with van der Waals surface area (Å²) in [6.07, 6.45) is 1.41. The zero-order valence-corrected chi connectivity index (χ0v) is 13.0. The molecule has 0 aliphatic heterocycles. The number of hydrogen-bond donors (Lipinski definition) is 3. The van der Waals surface area contributed by atoms with Gasteiger partial charge >= 0.3 is 5.97 Å². The Balaban J connectivity index is 2.54. The molecular formula is C13H10ClIN2O3. The Bertz CT molecular complexity index is 657. The summed E-state index contributed by atoms with van der Waals surface area (Å²) in [5, 5.41) is 17.5. The van der Waals surface area contributed by atoms with E-state index in [1.165, 1.54) is 6.08 Å². The topological polar surface area (TPSA) is 104 Å². The highest BCUT2D eigenvalue weighted by molar-refractivity contribution is 14.1. The van der Waals surface area contributed by atoms with Gasteiger partial charge in [-0.3, -0.25) is 9.59 Å². The maximum Gasteiger partial charge on any atom is 0.313 e. The molecule has 2 rings (SSSR count). The predicted molar refractivity (Wildman–Crippen MR) is 83.0 cm³/mol. The molecule has 0 bridgehead atoms. The fraction of sp³-hybridized carbons (Fsp3) is 0.154. The van der Waals surface area contributed by atoms with Crippen molar-refractivity contribution in [1.82, 2.24) is 0 Å². The summed E-state index contributed by atoms with van der Waals surface area (Å²) < 4.78 is 0.912. The van der Waals surface area contributed by atoms with Crippen molar-refractivity contribution in [1.29, 1.82) is 5.41 Å². The molecule has 0 fully saturated rings. The van der Waals surface area contributed by atoms with Crippen LogP contribution in [0.4, 0.5) is 0 Å². The highest BCUT2D eigenvalue weighted by atomic mass is 127. The van der Waals surface area contributed by atoms with Crippen LogP contribution in [0, 0.1) is 14.9 Å². The zero-order valence-electron chi connectivity index (χ0n) is 10.1. The molecule has 20 heavy (non-hydrogen) atoms. The maximum absolute atomic E-state index is 11.4. The van der Waals surface area contributed by atoms with Gasteiger partial charge in [0.05, 0.1) is 11.3 Å². The van der Waals surface area contributed by atoms with E-state index in [0.29, 0.717) is 10.6 Å². The van der Waals surface area contributed by atoms with Crippen LogP contribution in [-0.4, -0.2) is 22.7 Å². The number of rotatable bonds is 3. The smallest absolute Gasteiger partial charge is 0.313 e. The van der Waals surface area contributed by atoms with Crippen LogP contribution in [0.2, 0.25) is 5.02 Å². The lowest BCUT2D eigenvalue weighted by molar-refractivity contribution is -0.139. The minimum absolute atomic E-state index is 0.0583. The monoisotopic (exact) mass is 404 g/mol. The average Bonchev–Trinajstić information content (AvgIpc) is 2.66. The Kier molecular flexibility index (Phi) is 4.14. The van der Waals surface area contributed by atoms with E-state index in [-0.39, 0.29) is 11.3 Å². The molecule has 1 aromatic rings. The molecule has 4 N–H and O–H groups in total. The number of carbonyl (C=O) groups excluding carboxylic acids is 1. The van der Waals surface area contributed by atoms with E-state index >= 15 is 0 Å². The maximum atomic E-state index is 11.4. The van der Waals surface area contributed by atoms with Crippen molar-refractivity contribution >= 4 is 51.8 Å². The van der Waals surface area contributed by atoms with Gasteiger partial charge in [-0.2, -0.15) is 0 Å². The van der Waals surface area contributed by atoms with E-state index in [1.54, 1.807) is 18.2 Å². The van der Waals surface area contributed by atoms with Gasteiger partial charge in [-0.05, 0) is 40.3 Å². The van der Waals surface area contributed by atoms with Crippen LogP contribution >= 0.6 is 34.2 Å². The SMILES string of the molecule is N=C1C(C(N)=O)=CC(c2ccc(I)cc2Cl)C1C(=O)O. The molecule has 0 spiro atoms. The van der Waals surface area contributed by atoms with Crippen molar-refractivity contribution in [2.24, 2.45) is 11.7 Å². The molecule has 1 aliphatic carbocycles. The number of carboxylic acid groups (broad SMARTS) is 1. The number of allylic oxidation sites excluding steroid dienone is 1. The van der Waals surface area contributed by atoms with Gasteiger partial charge in [0.1, 0.15) is 5.92 Å². The molecule has 2 unspecified atom stereocenters. The Morgan fingerprint density at radius 1 is 1.40 bits per heavy atom. The van der Waals surface area contributed by atoms with E-state index in [1.807, 2.05) is 0 Å². The second-order valence-corrected chi connectivity index (χ2v) is 6.02. The molecule has 104 valence electrons. The van der Waals surface area contributed by atoms with E-state index in [4.69, 9.17) is 22.7 Å². The number of nitrogens with two attached hydrogens (primary N) is 1.